The summed E-state index contributed by atoms with van der Waals surface area (Å²) in [5.41, 5.74) is 4.10. The Hall–Kier alpha value is -3.31. The highest BCUT2D eigenvalue weighted by Crippen LogP contribution is 2.38. The molecule has 0 atom stereocenters. The maximum absolute atomic E-state index is 10.4. The fourth-order valence-electron chi connectivity index (χ4n) is 3.64. The molecule has 0 amide bonds. The summed E-state index contributed by atoms with van der Waals surface area (Å²) in [6, 6.07) is 23.3. The van der Waals surface area contributed by atoms with Crippen LogP contribution in [0, 0.1) is 0 Å². The van der Waals surface area contributed by atoms with Gasteiger partial charge in [-0.3, -0.25) is 0 Å². The van der Waals surface area contributed by atoms with Gasteiger partial charge in [-0.1, -0.05) is 56.3 Å². The standard InChI is InChI=1S/C25H20N2O2S/c1-15(2)30-23-14-19(26-25(27-23)17-8-3-5-11-20(17)28)16-10-7-13-22-24(16)18-9-4-6-12-21(18)29-22/h3-15,28H,1-2H3. The topological polar surface area (TPSA) is 59.2 Å². The second-order valence-corrected chi connectivity index (χ2v) is 8.97. The fraction of sp³-hybridized carbons (Fsp3) is 0.120. The molecular weight excluding hydrogens is 392 g/mol. The van der Waals surface area contributed by atoms with Gasteiger partial charge in [0.15, 0.2) is 5.82 Å². The SMILES string of the molecule is CC(C)Sc1cc(-c2cccc3oc4ccccc4c23)nc(-c2ccccc2O)n1. The highest BCUT2D eigenvalue weighted by atomic mass is 32.2. The molecule has 0 saturated heterocycles. The number of rotatable bonds is 4. The smallest absolute Gasteiger partial charge is 0.164 e. The summed E-state index contributed by atoms with van der Waals surface area (Å²) in [5.74, 6) is 0.681. The van der Waals surface area contributed by atoms with Gasteiger partial charge in [0.25, 0.3) is 0 Å². The average molecular weight is 413 g/mol. The van der Waals surface area contributed by atoms with E-state index in [4.69, 9.17) is 14.4 Å². The number of aromatic nitrogens is 2. The number of aromatic hydroxyl groups is 1. The number of para-hydroxylation sites is 2. The largest absolute Gasteiger partial charge is 0.507 e. The summed E-state index contributed by atoms with van der Waals surface area (Å²) < 4.78 is 6.05. The van der Waals surface area contributed by atoms with Crippen LogP contribution in [0.15, 0.2) is 82.2 Å². The van der Waals surface area contributed by atoms with Crippen molar-refractivity contribution in [1.29, 1.82) is 0 Å². The maximum atomic E-state index is 10.4. The van der Waals surface area contributed by atoms with E-state index < -0.39 is 0 Å². The van der Waals surface area contributed by atoms with Gasteiger partial charge in [0.05, 0.1) is 11.3 Å². The number of furan rings is 1. The zero-order valence-electron chi connectivity index (χ0n) is 16.7. The molecule has 5 heteroatoms. The Kier molecular flexibility index (Phi) is 4.68. The Morgan fingerprint density at radius 1 is 0.833 bits per heavy atom. The van der Waals surface area contributed by atoms with Crippen molar-refractivity contribution in [2.24, 2.45) is 0 Å². The molecule has 0 saturated carbocycles. The number of hydrogen-bond acceptors (Lipinski definition) is 5. The minimum atomic E-state index is 0.169. The monoisotopic (exact) mass is 412 g/mol. The van der Waals surface area contributed by atoms with Crippen molar-refractivity contribution in [1.82, 2.24) is 9.97 Å². The molecule has 4 nitrogen and oxygen atoms in total. The van der Waals surface area contributed by atoms with E-state index in [9.17, 15) is 5.11 Å². The first-order chi connectivity index (χ1) is 14.6. The van der Waals surface area contributed by atoms with E-state index in [1.165, 1.54) is 0 Å². The van der Waals surface area contributed by atoms with Crippen molar-refractivity contribution >= 4 is 33.7 Å². The van der Waals surface area contributed by atoms with E-state index >= 15 is 0 Å². The van der Waals surface area contributed by atoms with Crippen molar-refractivity contribution in [2.45, 2.75) is 24.1 Å². The Bertz CT molecular complexity index is 1370. The Morgan fingerprint density at radius 2 is 1.57 bits per heavy atom. The molecule has 0 bridgehead atoms. The first-order valence-electron chi connectivity index (χ1n) is 9.85. The maximum Gasteiger partial charge on any atom is 0.164 e. The molecule has 2 aromatic heterocycles. The number of phenolic OH excluding ortho intramolecular Hbond substituents is 1. The predicted molar refractivity (Wildman–Crippen MR) is 123 cm³/mol. The van der Waals surface area contributed by atoms with Gasteiger partial charge in [0.1, 0.15) is 21.9 Å². The third-order valence-corrected chi connectivity index (χ3v) is 5.80. The first-order valence-corrected chi connectivity index (χ1v) is 10.7. The van der Waals surface area contributed by atoms with Gasteiger partial charge in [0.2, 0.25) is 0 Å². The highest BCUT2D eigenvalue weighted by molar-refractivity contribution is 7.99. The lowest BCUT2D eigenvalue weighted by Gasteiger charge is -2.11. The number of thioether (sulfide) groups is 1. The lowest BCUT2D eigenvalue weighted by Crippen LogP contribution is -1.97. The Labute approximate surface area is 178 Å². The lowest BCUT2D eigenvalue weighted by molar-refractivity contribution is 0.477. The number of nitrogens with zero attached hydrogens (tertiary/aromatic N) is 2. The summed E-state index contributed by atoms with van der Waals surface area (Å²) in [6.45, 7) is 4.27. The molecule has 0 radical (unpaired) electrons. The molecule has 0 aliphatic rings. The molecule has 5 rings (SSSR count). The zero-order chi connectivity index (χ0) is 20.7. The molecule has 2 heterocycles. The molecule has 0 aliphatic heterocycles. The van der Waals surface area contributed by atoms with E-state index in [0.29, 0.717) is 16.6 Å². The van der Waals surface area contributed by atoms with Crippen molar-refractivity contribution in [3.8, 4) is 28.4 Å². The molecule has 0 aliphatic carbocycles. The fourth-order valence-corrected chi connectivity index (χ4v) is 4.44. The van der Waals surface area contributed by atoms with Gasteiger partial charge >= 0.3 is 0 Å². The number of fused-ring (bicyclic) bond motifs is 3. The van der Waals surface area contributed by atoms with E-state index in [0.717, 1.165) is 38.2 Å². The second kappa shape index (κ2) is 7.50. The minimum absolute atomic E-state index is 0.169. The van der Waals surface area contributed by atoms with Gasteiger partial charge < -0.3 is 9.52 Å². The van der Waals surface area contributed by atoms with Crippen LogP contribution in [0.1, 0.15) is 13.8 Å². The minimum Gasteiger partial charge on any atom is -0.507 e. The predicted octanol–water partition coefficient (Wildman–Crippen LogP) is 6.92. The van der Waals surface area contributed by atoms with E-state index in [1.807, 2.05) is 48.5 Å². The van der Waals surface area contributed by atoms with Crippen molar-refractivity contribution < 1.29 is 9.52 Å². The van der Waals surface area contributed by atoms with Gasteiger partial charge in [-0.2, -0.15) is 0 Å². The molecule has 30 heavy (non-hydrogen) atoms. The summed E-state index contributed by atoms with van der Waals surface area (Å²) in [4.78, 5) is 9.58. The molecule has 3 aromatic carbocycles. The third-order valence-electron chi connectivity index (χ3n) is 4.88. The van der Waals surface area contributed by atoms with E-state index in [1.54, 1.807) is 23.9 Å². The highest BCUT2D eigenvalue weighted by Gasteiger charge is 2.17. The van der Waals surface area contributed by atoms with Crippen molar-refractivity contribution in [2.75, 3.05) is 0 Å². The summed E-state index contributed by atoms with van der Waals surface area (Å²) in [5, 5.41) is 13.7. The average Bonchev–Trinajstić information content (AvgIpc) is 3.12. The quantitative estimate of drug-likeness (QED) is 0.256. The molecule has 148 valence electrons. The van der Waals surface area contributed by atoms with Crippen LogP contribution < -0.4 is 0 Å². The number of phenols is 1. The molecule has 0 spiro atoms. The van der Waals surface area contributed by atoms with Crippen LogP contribution in [-0.4, -0.2) is 20.3 Å². The summed E-state index contributed by atoms with van der Waals surface area (Å²) >= 11 is 1.68. The molecule has 0 fully saturated rings. The Balaban J connectivity index is 1.79. The second-order valence-electron chi connectivity index (χ2n) is 7.38. The van der Waals surface area contributed by atoms with Crippen LogP contribution in [0.2, 0.25) is 0 Å². The van der Waals surface area contributed by atoms with Crippen LogP contribution in [0.25, 0.3) is 44.6 Å². The van der Waals surface area contributed by atoms with Gasteiger partial charge in [-0.15, -0.1) is 11.8 Å². The van der Waals surface area contributed by atoms with Crippen LogP contribution in [0.3, 0.4) is 0 Å². The number of hydrogen-bond donors (Lipinski definition) is 1. The van der Waals surface area contributed by atoms with Crippen LogP contribution in [-0.2, 0) is 0 Å². The van der Waals surface area contributed by atoms with Gasteiger partial charge in [-0.05, 0) is 30.3 Å². The summed E-state index contributed by atoms with van der Waals surface area (Å²) in [7, 11) is 0. The molecule has 1 N–H and O–H groups in total. The molecular formula is C25H20N2O2S. The number of benzene rings is 3. The van der Waals surface area contributed by atoms with Crippen molar-refractivity contribution in [3.05, 3.63) is 72.8 Å². The van der Waals surface area contributed by atoms with Crippen LogP contribution >= 0.6 is 11.8 Å². The zero-order valence-corrected chi connectivity index (χ0v) is 17.5. The lowest BCUT2D eigenvalue weighted by atomic mass is 10.0. The first kappa shape index (κ1) is 18.7. The molecule has 5 aromatic rings. The van der Waals surface area contributed by atoms with Crippen LogP contribution in [0.5, 0.6) is 5.75 Å². The third kappa shape index (κ3) is 3.31. The van der Waals surface area contributed by atoms with Gasteiger partial charge in [-0.25, -0.2) is 9.97 Å². The van der Waals surface area contributed by atoms with Crippen molar-refractivity contribution in [3.63, 3.8) is 0 Å². The van der Waals surface area contributed by atoms with E-state index in [2.05, 4.69) is 26.0 Å². The van der Waals surface area contributed by atoms with E-state index in [-0.39, 0.29) is 5.75 Å². The Morgan fingerprint density at radius 3 is 2.40 bits per heavy atom. The summed E-state index contributed by atoms with van der Waals surface area (Å²) in [6.07, 6.45) is 0. The van der Waals surface area contributed by atoms with Gasteiger partial charge in [0, 0.05) is 21.6 Å². The van der Waals surface area contributed by atoms with Crippen LogP contribution in [0.4, 0.5) is 0 Å². The molecule has 0 unspecified atom stereocenters. The normalized spacial score (nSPS) is 11.6.